The third-order valence-corrected chi connectivity index (χ3v) is 4.05. The smallest absolute Gasteiger partial charge is 0.119 e. The first-order valence-corrected chi connectivity index (χ1v) is 8.25. The summed E-state index contributed by atoms with van der Waals surface area (Å²) in [6.45, 7) is 6.12. The van der Waals surface area contributed by atoms with E-state index in [1.807, 2.05) is 0 Å². The maximum Gasteiger partial charge on any atom is 0.119 e. The molecule has 0 fully saturated rings. The molecule has 2 nitrogen and oxygen atoms in total. The molecule has 108 valence electrons. The quantitative estimate of drug-likeness (QED) is 0.755. The Kier molecular flexibility index (Phi) is 6.09. The van der Waals surface area contributed by atoms with Crippen LogP contribution in [0.4, 0.5) is 0 Å². The van der Waals surface area contributed by atoms with Crippen LogP contribution in [0.5, 0.6) is 5.75 Å². The molecule has 1 aromatic carbocycles. The van der Waals surface area contributed by atoms with Crippen LogP contribution in [0.2, 0.25) is 0 Å². The van der Waals surface area contributed by atoms with Crippen LogP contribution in [-0.4, -0.2) is 6.54 Å². The summed E-state index contributed by atoms with van der Waals surface area (Å²) >= 11 is 1.70. The SMILES string of the molecule is CCCNC(CC)c1ccc(OCc2ccsc2)cc1. The molecule has 0 bridgehead atoms. The van der Waals surface area contributed by atoms with Gasteiger partial charge in [-0.25, -0.2) is 0 Å². The predicted octanol–water partition coefficient (Wildman–Crippen LogP) is 4.78. The summed E-state index contributed by atoms with van der Waals surface area (Å²) < 4.78 is 5.79. The monoisotopic (exact) mass is 289 g/mol. The van der Waals surface area contributed by atoms with Gasteiger partial charge in [0.05, 0.1) is 0 Å². The van der Waals surface area contributed by atoms with Gasteiger partial charge < -0.3 is 10.1 Å². The number of nitrogens with one attached hydrogen (secondary N) is 1. The van der Waals surface area contributed by atoms with Gasteiger partial charge in [0.25, 0.3) is 0 Å². The molecule has 0 aliphatic rings. The van der Waals surface area contributed by atoms with E-state index < -0.39 is 0 Å². The number of hydrogen-bond donors (Lipinski definition) is 1. The normalized spacial score (nSPS) is 12.3. The standard InChI is InChI=1S/C17H23NOS/c1-3-10-18-17(4-2)15-5-7-16(8-6-15)19-12-14-9-11-20-13-14/h5-9,11,13,17-18H,3-4,10,12H2,1-2H3. The topological polar surface area (TPSA) is 21.3 Å². The van der Waals surface area contributed by atoms with Crippen LogP contribution in [0.3, 0.4) is 0 Å². The molecule has 1 N–H and O–H groups in total. The lowest BCUT2D eigenvalue weighted by atomic mass is 10.0. The first-order valence-electron chi connectivity index (χ1n) is 7.30. The van der Waals surface area contributed by atoms with E-state index in [2.05, 4.69) is 60.3 Å². The van der Waals surface area contributed by atoms with Crippen molar-refractivity contribution in [3.63, 3.8) is 0 Å². The van der Waals surface area contributed by atoms with Crippen LogP contribution in [0.15, 0.2) is 41.1 Å². The maximum atomic E-state index is 5.79. The van der Waals surface area contributed by atoms with Crippen LogP contribution >= 0.6 is 11.3 Å². The third kappa shape index (κ3) is 4.36. The van der Waals surface area contributed by atoms with Gasteiger partial charge in [-0.15, -0.1) is 0 Å². The second-order valence-electron chi connectivity index (χ2n) is 4.90. The molecule has 3 heteroatoms. The van der Waals surface area contributed by atoms with E-state index in [4.69, 9.17) is 4.74 Å². The van der Waals surface area contributed by atoms with Crippen molar-refractivity contribution in [2.24, 2.45) is 0 Å². The Balaban J connectivity index is 1.91. The zero-order valence-electron chi connectivity index (χ0n) is 12.3. The molecule has 1 aromatic heterocycles. The van der Waals surface area contributed by atoms with Crippen LogP contribution in [0, 0.1) is 0 Å². The van der Waals surface area contributed by atoms with Gasteiger partial charge in [-0.2, -0.15) is 11.3 Å². The van der Waals surface area contributed by atoms with Gasteiger partial charge in [-0.1, -0.05) is 26.0 Å². The highest BCUT2D eigenvalue weighted by molar-refractivity contribution is 7.07. The molecule has 0 radical (unpaired) electrons. The molecule has 2 aromatic rings. The van der Waals surface area contributed by atoms with E-state index in [0.29, 0.717) is 12.6 Å². The predicted molar refractivity (Wildman–Crippen MR) is 86.4 cm³/mol. The Bertz CT molecular complexity index is 478. The van der Waals surface area contributed by atoms with Gasteiger partial charge in [0, 0.05) is 6.04 Å². The summed E-state index contributed by atoms with van der Waals surface area (Å²) in [5, 5.41) is 7.77. The molecule has 1 heterocycles. The van der Waals surface area contributed by atoms with E-state index in [0.717, 1.165) is 18.7 Å². The average molecular weight is 289 g/mol. The molecular weight excluding hydrogens is 266 g/mol. The molecule has 1 atom stereocenters. The van der Waals surface area contributed by atoms with E-state index in [1.165, 1.54) is 17.5 Å². The molecule has 0 aliphatic carbocycles. The zero-order chi connectivity index (χ0) is 14.2. The molecule has 0 saturated carbocycles. The Morgan fingerprint density at radius 2 is 1.95 bits per heavy atom. The lowest BCUT2D eigenvalue weighted by molar-refractivity contribution is 0.306. The molecular formula is C17H23NOS. The van der Waals surface area contributed by atoms with Crippen molar-refractivity contribution in [3.8, 4) is 5.75 Å². The molecule has 0 saturated heterocycles. The van der Waals surface area contributed by atoms with Crippen LogP contribution in [-0.2, 0) is 6.61 Å². The Morgan fingerprint density at radius 1 is 1.15 bits per heavy atom. The fourth-order valence-electron chi connectivity index (χ4n) is 2.15. The summed E-state index contributed by atoms with van der Waals surface area (Å²) in [5.74, 6) is 0.935. The minimum atomic E-state index is 0.445. The summed E-state index contributed by atoms with van der Waals surface area (Å²) in [6, 6.07) is 11.0. The zero-order valence-corrected chi connectivity index (χ0v) is 13.1. The van der Waals surface area contributed by atoms with E-state index in [-0.39, 0.29) is 0 Å². The van der Waals surface area contributed by atoms with Gasteiger partial charge >= 0.3 is 0 Å². The van der Waals surface area contributed by atoms with E-state index in [1.54, 1.807) is 11.3 Å². The Morgan fingerprint density at radius 3 is 2.55 bits per heavy atom. The van der Waals surface area contributed by atoms with Gasteiger partial charge in [0.15, 0.2) is 0 Å². The minimum absolute atomic E-state index is 0.445. The molecule has 1 unspecified atom stereocenters. The maximum absolute atomic E-state index is 5.79. The van der Waals surface area contributed by atoms with Gasteiger partial charge in [0.2, 0.25) is 0 Å². The minimum Gasteiger partial charge on any atom is -0.489 e. The summed E-state index contributed by atoms with van der Waals surface area (Å²) in [5.41, 5.74) is 2.57. The van der Waals surface area contributed by atoms with Crippen LogP contribution < -0.4 is 10.1 Å². The summed E-state index contributed by atoms with van der Waals surface area (Å²) in [6.07, 6.45) is 2.27. The summed E-state index contributed by atoms with van der Waals surface area (Å²) in [7, 11) is 0. The van der Waals surface area contributed by atoms with Crippen molar-refractivity contribution >= 4 is 11.3 Å². The fourth-order valence-corrected chi connectivity index (χ4v) is 2.81. The van der Waals surface area contributed by atoms with Crippen LogP contribution in [0.1, 0.15) is 43.9 Å². The number of thiophene rings is 1. The second-order valence-corrected chi connectivity index (χ2v) is 5.68. The van der Waals surface area contributed by atoms with Gasteiger partial charge in [-0.05, 0) is 59.5 Å². The van der Waals surface area contributed by atoms with Crippen molar-refractivity contribution in [1.82, 2.24) is 5.32 Å². The highest BCUT2D eigenvalue weighted by atomic mass is 32.1. The molecule has 0 spiro atoms. The van der Waals surface area contributed by atoms with Crippen molar-refractivity contribution in [1.29, 1.82) is 0 Å². The van der Waals surface area contributed by atoms with Crippen molar-refractivity contribution < 1.29 is 4.74 Å². The van der Waals surface area contributed by atoms with E-state index >= 15 is 0 Å². The average Bonchev–Trinajstić information content (AvgIpc) is 3.00. The lowest BCUT2D eigenvalue weighted by Crippen LogP contribution is -2.21. The van der Waals surface area contributed by atoms with Crippen molar-refractivity contribution in [3.05, 3.63) is 52.2 Å². The second kappa shape index (κ2) is 8.08. The molecule has 0 aliphatic heterocycles. The van der Waals surface area contributed by atoms with Crippen LogP contribution in [0.25, 0.3) is 0 Å². The first-order chi connectivity index (χ1) is 9.83. The number of benzene rings is 1. The number of hydrogen-bond acceptors (Lipinski definition) is 3. The molecule has 20 heavy (non-hydrogen) atoms. The Hall–Kier alpha value is -1.32. The molecule has 2 rings (SSSR count). The highest BCUT2D eigenvalue weighted by Crippen LogP contribution is 2.21. The number of rotatable bonds is 8. The number of ether oxygens (including phenoxy) is 1. The summed E-state index contributed by atoms with van der Waals surface area (Å²) in [4.78, 5) is 0. The van der Waals surface area contributed by atoms with Gasteiger partial charge in [0.1, 0.15) is 12.4 Å². The third-order valence-electron chi connectivity index (χ3n) is 3.32. The Labute approximate surface area is 125 Å². The lowest BCUT2D eigenvalue weighted by Gasteiger charge is -2.17. The fraction of sp³-hybridized carbons (Fsp3) is 0.412. The van der Waals surface area contributed by atoms with Gasteiger partial charge in [-0.3, -0.25) is 0 Å². The van der Waals surface area contributed by atoms with Crippen molar-refractivity contribution in [2.45, 2.75) is 39.3 Å². The highest BCUT2D eigenvalue weighted by Gasteiger charge is 2.07. The first kappa shape index (κ1) is 15.1. The van der Waals surface area contributed by atoms with Crippen molar-refractivity contribution in [2.75, 3.05) is 6.54 Å². The largest absolute Gasteiger partial charge is 0.489 e. The van der Waals surface area contributed by atoms with E-state index in [9.17, 15) is 0 Å². The molecule has 0 amide bonds.